The van der Waals surface area contributed by atoms with Crippen molar-refractivity contribution in [2.45, 2.75) is 16.6 Å². The fraction of sp³-hybridized carbons (Fsp3) is 0.211. The van der Waals surface area contributed by atoms with E-state index in [-0.39, 0.29) is 24.7 Å². The Morgan fingerprint density at radius 2 is 1.85 bits per heavy atom. The van der Waals surface area contributed by atoms with E-state index in [1.165, 1.54) is 18.9 Å². The van der Waals surface area contributed by atoms with Crippen LogP contribution in [-0.4, -0.2) is 36.6 Å². The monoisotopic (exact) mass is 371 g/mol. The number of thioether (sulfide) groups is 1. The van der Waals surface area contributed by atoms with E-state index in [2.05, 4.69) is 5.32 Å². The largest absolute Gasteiger partial charge is 0.497 e. The molecule has 1 aliphatic rings. The lowest BCUT2D eigenvalue weighted by Crippen LogP contribution is -2.31. The molecule has 0 saturated carbocycles. The highest BCUT2D eigenvalue weighted by atomic mass is 32.2. The highest BCUT2D eigenvalue weighted by Crippen LogP contribution is 2.36. The Balaban J connectivity index is 1.52. The molecule has 0 saturated heterocycles. The Kier molecular flexibility index (Phi) is 5.58. The van der Waals surface area contributed by atoms with Crippen molar-refractivity contribution in [1.82, 2.24) is 0 Å². The van der Waals surface area contributed by atoms with Gasteiger partial charge in [-0.2, -0.15) is 0 Å². The molecule has 134 valence electrons. The number of nitrogens with one attached hydrogen (secondary N) is 1. The van der Waals surface area contributed by atoms with Gasteiger partial charge in [-0.1, -0.05) is 12.1 Å². The number of ether oxygens (including phenoxy) is 2. The number of rotatable bonds is 6. The van der Waals surface area contributed by atoms with Gasteiger partial charge < -0.3 is 14.8 Å². The second-order valence-corrected chi connectivity index (χ2v) is 6.85. The van der Waals surface area contributed by atoms with Crippen molar-refractivity contribution < 1.29 is 23.9 Å². The first kappa shape index (κ1) is 18.0. The predicted octanol–water partition coefficient (Wildman–Crippen LogP) is 2.92. The van der Waals surface area contributed by atoms with Gasteiger partial charge in [0.1, 0.15) is 5.75 Å². The first-order valence-electron chi connectivity index (χ1n) is 7.96. The van der Waals surface area contributed by atoms with Gasteiger partial charge in [-0.05, 0) is 36.4 Å². The molecule has 2 aromatic rings. The number of ketones is 1. The van der Waals surface area contributed by atoms with Gasteiger partial charge in [-0.15, -0.1) is 11.8 Å². The predicted molar refractivity (Wildman–Crippen MR) is 97.6 cm³/mol. The minimum atomic E-state index is -0.584. The van der Waals surface area contributed by atoms with Gasteiger partial charge in [0.2, 0.25) is 5.91 Å². The van der Waals surface area contributed by atoms with Gasteiger partial charge in [0.25, 0.3) is 0 Å². The maximum atomic E-state index is 12.1. The molecule has 0 fully saturated rings. The number of benzene rings is 2. The van der Waals surface area contributed by atoms with Crippen LogP contribution in [0.25, 0.3) is 0 Å². The molecule has 6 nitrogen and oxygen atoms in total. The van der Waals surface area contributed by atoms with Gasteiger partial charge in [0.15, 0.2) is 12.4 Å². The van der Waals surface area contributed by atoms with E-state index < -0.39 is 11.2 Å². The topological polar surface area (TPSA) is 81.7 Å². The lowest BCUT2D eigenvalue weighted by atomic mass is 10.1. The number of methoxy groups -OCH3 is 1. The number of carbonyl (C=O) groups excluding carboxylic acids is 3. The molecule has 3 rings (SSSR count). The first-order chi connectivity index (χ1) is 12.6. The number of hydrogen-bond acceptors (Lipinski definition) is 6. The van der Waals surface area contributed by atoms with Crippen molar-refractivity contribution in [1.29, 1.82) is 0 Å². The second kappa shape index (κ2) is 8.05. The van der Waals surface area contributed by atoms with Crippen LogP contribution in [-0.2, 0) is 14.3 Å². The summed E-state index contributed by atoms with van der Waals surface area (Å²) >= 11 is 1.32. The summed E-state index contributed by atoms with van der Waals surface area (Å²) in [5, 5.41) is 2.20. The minimum absolute atomic E-state index is 0.0965. The van der Waals surface area contributed by atoms with Crippen LogP contribution < -0.4 is 10.1 Å². The molecule has 1 amide bonds. The maximum Gasteiger partial charge on any atom is 0.307 e. The molecule has 2 aromatic carbocycles. The molecule has 1 heterocycles. The van der Waals surface area contributed by atoms with Crippen LogP contribution in [0.3, 0.4) is 0 Å². The lowest BCUT2D eigenvalue weighted by molar-refractivity contribution is -0.143. The average molecular weight is 371 g/mol. The zero-order valence-corrected chi connectivity index (χ0v) is 14.9. The number of anilines is 1. The van der Waals surface area contributed by atoms with Crippen LogP contribution >= 0.6 is 11.8 Å². The van der Waals surface area contributed by atoms with Gasteiger partial charge in [-0.25, -0.2) is 0 Å². The van der Waals surface area contributed by atoms with Crippen LogP contribution in [0.15, 0.2) is 53.4 Å². The molecule has 1 N–H and O–H groups in total. The van der Waals surface area contributed by atoms with E-state index >= 15 is 0 Å². The zero-order valence-electron chi connectivity index (χ0n) is 14.1. The number of hydrogen-bond donors (Lipinski definition) is 1. The third kappa shape index (κ3) is 4.23. The van der Waals surface area contributed by atoms with Gasteiger partial charge in [0, 0.05) is 10.5 Å². The Morgan fingerprint density at radius 3 is 2.58 bits per heavy atom. The molecule has 0 aliphatic carbocycles. The smallest absolute Gasteiger partial charge is 0.307 e. The highest BCUT2D eigenvalue weighted by Gasteiger charge is 2.29. The number of Topliss-reactive ketones (excluding diaryl/α,β-unsaturated/α-hetero) is 1. The van der Waals surface area contributed by atoms with E-state index in [9.17, 15) is 14.4 Å². The van der Waals surface area contributed by atoms with E-state index in [0.717, 1.165) is 10.6 Å². The van der Waals surface area contributed by atoms with Crippen molar-refractivity contribution in [3.05, 3.63) is 54.1 Å². The summed E-state index contributed by atoms with van der Waals surface area (Å²) in [5.41, 5.74) is 1.17. The van der Waals surface area contributed by atoms with Gasteiger partial charge >= 0.3 is 5.97 Å². The van der Waals surface area contributed by atoms with Gasteiger partial charge in [-0.3, -0.25) is 14.4 Å². The molecule has 1 aliphatic heterocycles. The van der Waals surface area contributed by atoms with Crippen molar-refractivity contribution in [2.24, 2.45) is 0 Å². The molecule has 0 bridgehead atoms. The minimum Gasteiger partial charge on any atom is -0.497 e. The molecule has 1 atom stereocenters. The van der Waals surface area contributed by atoms with Crippen molar-refractivity contribution in [3.63, 3.8) is 0 Å². The Bertz CT molecular complexity index is 834. The molecule has 26 heavy (non-hydrogen) atoms. The summed E-state index contributed by atoms with van der Waals surface area (Å²) in [5.74, 6) is -0.503. The van der Waals surface area contributed by atoms with Crippen molar-refractivity contribution in [2.75, 3.05) is 19.0 Å². The van der Waals surface area contributed by atoms with Crippen LogP contribution in [0.5, 0.6) is 5.75 Å². The van der Waals surface area contributed by atoms with Crippen molar-refractivity contribution >= 4 is 35.1 Å². The quantitative estimate of drug-likeness (QED) is 0.621. The zero-order chi connectivity index (χ0) is 18.5. The number of amides is 1. The Labute approximate surface area is 154 Å². The number of carbonyl (C=O) groups is 3. The molecule has 0 unspecified atom stereocenters. The summed E-state index contributed by atoms with van der Waals surface area (Å²) in [7, 11) is 1.54. The Hall–Kier alpha value is -2.80. The van der Waals surface area contributed by atoms with E-state index in [1.54, 1.807) is 24.3 Å². The van der Waals surface area contributed by atoms with Crippen molar-refractivity contribution in [3.8, 4) is 5.75 Å². The van der Waals surface area contributed by atoms with E-state index in [4.69, 9.17) is 9.47 Å². The number of para-hydroxylation sites is 1. The van der Waals surface area contributed by atoms with Crippen LogP contribution in [0.4, 0.5) is 5.69 Å². The molecule has 0 radical (unpaired) electrons. The third-order valence-corrected chi connectivity index (χ3v) is 5.11. The van der Waals surface area contributed by atoms with E-state index in [1.807, 2.05) is 24.3 Å². The number of fused-ring (bicyclic) bond motifs is 1. The summed E-state index contributed by atoms with van der Waals surface area (Å²) in [6.07, 6.45) is -0.0965. The third-order valence-electron chi connectivity index (χ3n) is 3.83. The SMILES string of the molecule is COc1ccc(C(=O)COC(=O)C[C@@H]2Sc3ccccc3NC2=O)cc1. The van der Waals surface area contributed by atoms with Gasteiger partial charge in [0.05, 0.1) is 24.5 Å². The van der Waals surface area contributed by atoms with E-state index in [0.29, 0.717) is 11.3 Å². The summed E-state index contributed by atoms with van der Waals surface area (Å²) < 4.78 is 10.1. The first-order valence-corrected chi connectivity index (χ1v) is 8.84. The molecular weight excluding hydrogens is 354 g/mol. The van der Waals surface area contributed by atoms with Crippen LogP contribution in [0, 0.1) is 0 Å². The Morgan fingerprint density at radius 1 is 1.12 bits per heavy atom. The molecule has 0 spiro atoms. The summed E-state index contributed by atoms with van der Waals surface area (Å²) in [6, 6.07) is 13.9. The normalized spacial score (nSPS) is 15.6. The summed E-state index contributed by atoms with van der Waals surface area (Å²) in [6.45, 7) is -0.360. The molecule has 7 heteroatoms. The highest BCUT2D eigenvalue weighted by molar-refractivity contribution is 8.01. The van der Waals surface area contributed by atoms with Crippen LogP contribution in [0.1, 0.15) is 16.8 Å². The lowest BCUT2D eigenvalue weighted by Gasteiger charge is -2.23. The number of esters is 1. The average Bonchev–Trinajstić information content (AvgIpc) is 2.66. The molecule has 0 aromatic heterocycles. The van der Waals surface area contributed by atoms with Crippen LogP contribution in [0.2, 0.25) is 0 Å². The standard InChI is InChI=1S/C19H17NO5S/c1-24-13-8-6-12(7-9-13)15(21)11-25-18(22)10-17-19(23)20-14-4-2-3-5-16(14)26-17/h2-9,17H,10-11H2,1H3,(H,20,23)/t17-/m0/s1. The summed E-state index contributed by atoms with van der Waals surface area (Å²) in [4.78, 5) is 37.1. The fourth-order valence-corrected chi connectivity index (χ4v) is 3.54. The second-order valence-electron chi connectivity index (χ2n) is 5.61. The maximum absolute atomic E-state index is 12.1. The fourth-order valence-electron chi connectivity index (χ4n) is 2.44. The molecular formula is C19H17NO5S.